The van der Waals surface area contributed by atoms with Gasteiger partial charge in [-0.25, -0.2) is 9.18 Å². The van der Waals surface area contributed by atoms with Crippen molar-refractivity contribution in [2.24, 2.45) is 5.16 Å². The van der Waals surface area contributed by atoms with E-state index < -0.39 is 5.97 Å². The number of rotatable bonds is 7. The van der Waals surface area contributed by atoms with E-state index in [1.54, 1.807) is 43.3 Å². The van der Waals surface area contributed by atoms with Crippen molar-refractivity contribution in [3.8, 4) is 0 Å². The molecule has 0 spiro atoms. The fraction of sp³-hybridized carbons (Fsp3) is 0.211. The number of hydrogen-bond acceptors (Lipinski definition) is 5. The number of nitrogens with one attached hydrogen (secondary N) is 1. The molecular weight excluding hydrogens is 339 g/mol. The van der Waals surface area contributed by atoms with Gasteiger partial charge < -0.3 is 14.9 Å². The van der Waals surface area contributed by atoms with E-state index in [2.05, 4.69) is 15.2 Å². The Hall–Kier alpha value is -3.22. The summed E-state index contributed by atoms with van der Waals surface area (Å²) in [5.74, 6) is -1.10. The van der Waals surface area contributed by atoms with Gasteiger partial charge in [-0.3, -0.25) is 4.79 Å². The first-order valence-electron chi connectivity index (χ1n) is 7.85. The molecule has 0 saturated carbocycles. The van der Waals surface area contributed by atoms with Crippen LogP contribution in [0.2, 0.25) is 0 Å². The van der Waals surface area contributed by atoms with Gasteiger partial charge in [0.05, 0.1) is 18.9 Å². The van der Waals surface area contributed by atoms with Crippen molar-refractivity contribution < 1.29 is 23.6 Å². The number of methoxy groups -OCH3 is 1. The van der Waals surface area contributed by atoms with Gasteiger partial charge in [0.2, 0.25) is 0 Å². The van der Waals surface area contributed by atoms with Crippen LogP contribution in [0.25, 0.3) is 0 Å². The van der Waals surface area contributed by atoms with Crippen molar-refractivity contribution in [2.45, 2.75) is 13.5 Å². The maximum absolute atomic E-state index is 13.4. The first kappa shape index (κ1) is 19.1. The highest BCUT2D eigenvalue weighted by Crippen LogP contribution is 2.08. The third-order valence-corrected chi connectivity index (χ3v) is 3.53. The molecule has 0 bridgehead atoms. The van der Waals surface area contributed by atoms with E-state index in [-0.39, 0.29) is 24.9 Å². The van der Waals surface area contributed by atoms with Crippen LogP contribution in [-0.4, -0.2) is 31.8 Å². The van der Waals surface area contributed by atoms with Gasteiger partial charge in [0.25, 0.3) is 5.91 Å². The van der Waals surface area contributed by atoms with Crippen LogP contribution in [0.4, 0.5) is 4.39 Å². The number of amides is 1. The molecule has 0 aliphatic rings. The van der Waals surface area contributed by atoms with E-state index in [0.717, 1.165) is 0 Å². The summed E-state index contributed by atoms with van der Waals surface area (Å²) in [6.45, 7) is 1.62. The van der Waals surface area contributed by atoms with Crippen molar-refractivity contribution in [2.75, 3.05) is 13.7 Å². The second-order valence-electron chi connectivity index (χ2n) is 5.48. The SMILES string of the molecule is COC(=O)c1ccc(/C=N/OCC(=O)NCc2ccc(C)c(F)c2)cc1. The van der Waals surface area contributed by atoms with E-state index in [1.165, 1.54) is 19.4 Å². The summed E-state index contributed by atoms with van der Waals surface area (Å²) in [6, 6.07) is 11.3. The zero-order valence-corrected chi connectivity index (χ0v) is 14.5. The standard InChI is InChI=1S/C19H19FN2O4/c1-13-3-4-15(9-17(13)20)10-21-18(23)12-26-22-11-14-5-7-16(8-6-14)19(24)25-2/h3-9,11H,10,12H2,1-2H3,(H,21,23)/b22-11+. The van der Waals surface area contributed by atoms with Gasteiger partial charge in [-0.05, 0) is 41.8 Å². The minimum absolute atomic E-state index is 0.206. The first-order valence-corrected chi connectivity index (χ1v) is 7.85. The lowest BCUT2D eigenvalue weighted by atomic mass is 10.1. The maximum Gasteiger partial charge on any atom is 0.337 e. The van der Waals surface area contributed by atoms with Gasteiger partial charge in [-0.1, -0.05) is 29.4 Å². The summed E-state index contributed by atoms with van der Waals surface area (Å²) in [5, 5.41) is 6.31. The van der Waals surface area contributed by atoms with Crippen LogP contribution >= 0.6 is 0 Å². The highest BCUT2D eigenvalue weighted by Gasteiger charge is 2.05. The number of halogens is 1. The Morgan fingerprint density at radius 2 is 1.92 bits per heavy atom. The van der Waals surface area contributed by atoms with Crippen molar-refractivity contribution in [3.63, 3.8) is 0 Å². The Bertz CT molecular complexity index is 804. The Kier molecular flexibility index (Phi) is 6.84. The molecule has 0 radical (unpaired) electrons. The van der Waals surface area contributed by atoms with Crippen LogP contribution in [0, 0.1) is 12.7 Å². The fourth-order valence-corrected chi connectivity index (χ4v) is 2.02. The summed E-state index contributed by atoms with van der Waals surface area (Å²) in [6.07, 6.45) is 1.42. The van der Waals surface area contributed by atoms with Crippen LogP contribution in [0.5, 0.6) is 0 Å². The first-order chi connectivity index (χ1) is 12.5. The van der Waals surface area contributed by atoms with Gasteiger partial charge in [0.1, 0.15) is 5.82 Å². The van der Waals surface area contributed by atoms with Gasteiger partial charge in [0, 0.05) is 6.54 Å². The van der Waals surface area contributed by atoms with Crippen molar-refractivity contribution >= 4 is 18.1 Å². The molecule has 1 amide bonds. The summed E-state index contributed by atoms with van der Waals surface area (Å²) in [5.41, 5.74) is 2.35. The summed E-state index contributed by atoms with van der Waals surface area (Å²) >= 11 is 0. The van der Waals surface area contributed by atoms with Crippen LogP contribution < -0.4 is 5.32 Å². The molecule has 0 heterocycles. The average Bonchev–Trinajstić information content (AvgIpc) is 2.66. The molecule has 2 rings (SSSR count). The van der Waals surface area contributed by atoms with Crippen LogP contribution in [0.15, 0.2) is 47.6 Å². The molecule has 0 aromatic heterocycles. The van der Waals surface area contributed by atoms with Gasteiger partial charge >= 0.3 is 5.97 Å². The van der Waals surface area contributed by atoms with Crippen LogP contribution in [0.1, 0.15) is 27.0 Å². The Morgan fingerprint density at radius 3 is 2.58 bits per heavy atom. The highest BCUT2D eigenvalue weighted by molar-refractivity contribution is 5.90. The second kappa shape index (κ2) is 9.31. The summed E-state index contributed by atoms with van der Waals surface area (Å²) < 4.78 is 18.0. The molecule has 0 atom stereocenters. The normalized spacial score (nSPS) is 10.6. The number of carbonyl (C=O) groups is 2. The lowest BCUT2D eigenvalue weighted by Crippen LogP contribution is -2.26. The zero-order valence-electron chi connectivity index (χ0n) is 14.5. The average molecular weight is 358 g/mol. The molecule has 7 heteroatoms. The lowest BCUT2D eigenvalue weighted by molar-refractivity contribution is -0.125. The van der Waals surface area contributed by atoms with E-state index in [4.69, 9.17) is 4.84 Å². The smallest absolute Gasteiger partial charge is 0.337 e. The third-order valence-electron chi connectivity index (χ3n) is 3.53. The molecule has 26 heavy (non-hydrogen) atoms. The minimum atomic E-state index is -0.421. The van der Waals surface area contributed by atoms with Gasteiger partial charge in [-0.2, -0.15) is 0 Å². The molecule has 2 aromatic carbocycles. The monoisotopic (exact) mass is 358 g/mol. The molecule has 0 aliphatic carbocycles. The van der Waals surface area contributed by atoms with Crippen molar-refractivity contribution in [1.82, 2.24) is 5.32 Å². The minimum Gasteiger partial charge on any atom is -0.465 e. The molecule has 0 fully saturated rings. The Labute approximate surface area is 150 Å². The van der Waals surface area contributed by atoms with E-state index >= 15 is 0 Å². The van der Waals surface area contributed by atoms with Crippen LogP contribution in [-0.2, 0) is 20.9 Å². The Morgan fingerprint density at radius 1 is 1.19 bits per heavy atom. The number of nitrogens with zero attached hydrogens (tertiary/aromatic N) is 1. The lowest BCUT2D eigenvalue weighted by Gasteiger charge is -2.05. The third kappa shape index (κ3) is 5.70. The maximum atomic E-state index is 13.4. The van der Waals surface area contributed by atoms with Crippen LogP contribution in [0.3, 0.4) is 0 Å². The Balaban J connectivity index is 1.74. The number of aryl methyl sites for hydroxylation is 1. The second-order valence-corrected chi connectivity index (χ2v) is 5.48. The fourth-order valence-electron chi connectivity index (χ4n) is 2.02. The van der Waals surface area contributed by atoms with Gasteiger partial charge in [-0.15, -0.1) is 0 Å². The quantitative estimate of drug-likeness (QED) is 0.469. The largest absolute Gasteiger partial charge is 0.465 e. The number of carbonyl (C=O) groups excluding carboxylic acids is 2. The molecule has 1 N–H and O–H groups in total. The van der Waals surface area contributed by atoms with E-state index in [9.17, 15) is 14.0 Å². The molecule has 0 unspecified atom stereocenters. The zero-order chi connectivity index (χ0) is 18.9. The summed E-state index contributed by atoms with van der Waals surface area (Å²) in [4.78, 5) is 27.9. The predicted molar refractivity (Wildman–Crippen MR) is 94.3 cm³/mol. The van der Waals surface area contributed by atoms with Gasteiger partial charge in [0.15, 0.2) is 6.61 Å². The number of ether oxygens (including phenoxy) is 1. The van der Waals surface area contributed by atoms with Crippen molar-refractivity contribution in [1.29, 1.82) is 0 Å². The molecule has 2 aromatic rings. The predicted octanol–water partition coefficient (Wildman–Crippen LogP) is 2.59. The number of oxime groups is 1. The topological polar surface area (TPSA) is 77.0 Å². The highest BCUT2D eigenvalue weighted by atomic mass is 19.1. The molecule has 136 valence electrons. The van der Waals surface area contributed by atoms with E-state index in [0.29, 0.717) is 22.3 Å². The molecule has 0 saturated heterocycles. The number of benzene rings is 2. The number of hydrogen-bond donors (Lipinski definition) is 1. The van der Waals surface area contributed by atoms with Crippen molar-refractivity contribution in [3.05, 3.63) is 70.5 Å². The summed E-state index contributed by atoms with van der Waals surface area (Å²) in [7, 11) is 1.31. The molecular formula is C19H19FN2O4. The number of esters is 1. The molecule has 0 aliphatic heterocycles. The van der Waals surface area contributed by atoms with E-state index in [1.807, 2.05) is 0 Å². The molecule has 6 nitrogen and oxygen atoms in total.